The summed E-state index contributed by atoms with van der Waals surface area (Å²) in [5.41, 5.74) is 3.59. The third kappa shape index (κ3) is 2.39. The highest BCUT2D eigenvalue weighted by Gasteiger charge is 2.47. The van der Waals surface area contributed by atoms with Crippen molar-refractivity contribution in [3.63, 3.8) is 0 Å². The van der Waals surface area contributed by atoms with Gasteiger partial charge in [-0.15, -0.1) is 0 Å². The molecule has 1 unspecified atom stereocenters. The molecule has 2 aliphatic carbocycles. The lowest BCUT2D eigenvalue weighted by molar-refractivity contribution is -0.135. The molecule has 24 heavy (non-hydrogen) atoms. The first-order chi connectivity index (χ1) is 11.5. The molecule has 0 N–H and O–H groups in total. The molecule has 2 aromatic rings. The average Bonchev–Trinajstić information content (AvgIpc) is 3.03. The Morgan fingerprint density at radius 3 is 2.08 bits per heavy atom. The number of carbonyl (C=O) groups is 2. The smallest absolute Gasteiger partial charge is 0.150 e. The van der Waals surface area contributed by atoms with Crippen LogP contribution in [0.1, 0.15) is 36.3 Å². The molecule has 122 valence electrons. The molecular weight excluding hydrogens is 303 g/mol. The third-order valence-electron chi connectivity index (χ3n) is 5.57. The molecule has 4 rings (SSSR count). The van der Waals surface area contributed by atoms with E-state index in [0.717, 1.165) is 41.5 Å². The summed E-state index contributed by atoms with van der Waals surface area (Å²) < 4.78 is 13.1. The predicted molar refractivity (Wildman–Crippen MR) is 90.2 cm³/mol. The van der Waals surface area contributed by atoms with Crippen LogP contribution in [0.3, 0.4) is 0 Å². The Morgan fingerprint density at radius 2 is 1.46 bits per heavy atom. The van der Waals surface area contributed by atoms with E-state index in [1.165, 1.54) is 12.1 Å². The number of Topliss-reactive ketones (excluding diaryl/α,β-unsaturated/α-hetero) is 2. The molecule has 0 saturated heterocycles. The molecular formula is C21H19FO2. The zero-order valence-corrected chi connectivity index (χ0v) is 13.6. The van der Waals surface area contributed by atoms with Gasteiger partial charge < -0.3 is 0 Å². The van der Waals surface area contributed by atoms with Crippen molar-refractivity contribution in [3.8, 4) is 11.1 Å². The number of fused-ring (bicyclic) bond motifs is 2. The Labute approximate surface area is 140 Å². The van der Waals surface area contributed by atoms with Crippen LogP contribution in [0.5, 0.6) is 0 Å². The molecule has 2 fully saturated rings. The third-order valence-corrected chi connectivity index (χ3v) is 5.57. The highest BCUT2D eigenvalue weighted by Crippen LogP contribution is 2.44. The van der Waals surface area contributed by atoms with Gasteiger partial charge in [0.05, 0.1) is 0 Å². The van der Waals surface area contributed by atoms with Crippen LogP contribution in [0.4, 0.5) is 4.39 Å². The van der Waals surface area contributed by atoms with Crippen LogP contribution < -0.4 is 0 Å². The first-order valence-electron chi connectivity index (χ1n) is 8.48. The lowest BCUT2D eigenvalue weighted by Gasteiger charge is -2.27. The molecule has 2 aromatic carbocycles. The first-order valence-corrected chi connectivity index (χ1v) is 8.48. The van der Waals surface area contributed by atoms with E-state index < -0.39 is 5.92 Å². The van der Waals surface area contributed by atoms with E-state index in [2.05, 4.69) is 0 Å². The maximum absolute atomic E-state index is 13.1. The summed E-state index contributed by atoms with van der Waals surface area (Å²) in [4.78, 5) is 25.5. The molecule has 0 radical (unpaired) electrons. The Kier molecular flexibility index (Phi) is 3.60. The van der Waals surface area contributed by atoms with E-state index in [0.29, 0.717) is 0 Å². The number of rotatable bonds is 2. The van der Waals surface area contributed by atoms with E-state index in [4.69, 9.17) is 0 Å². The fraction of sp³-hybridized carbons (Fsp3) is 0.333. The van der Waals surface area contributed by atoms with Crippen molar-refractivity contribution < 1.29 is 14.0 Å². The van der Waals surface area contributed by atoms with Gasteiger partial charge in [-0.25, -0.2) is 4.39 Å². The van der Waals surface area contributed by atoms with Crippen molar-refractivity contribution in [1.82, 2.24) is 0 Å². The molecule has 2 nitrogen and oxygen atoms in total. The van der Waals surface area contributed by atoms with E-state index >= 15 is 0 Å². The van der Waals surface area contributed by atoms with Crippen molar-refractivity contribution in [3.05, 3.63) is 59.4 Å². The van der Waals surface area contributed by atoms with Gasteiger partial charge in [-0.1, -0.05) is 24.3 Å². The van der Waals surface area contributed by atoms with Gasteiger partial charge in [0.25, 0.3) is 0 Å². The average molecular weight is 322 g/mol. The zero-order valence-electron chi connectivity index (χ0n) is 13.6. The normalized spacial score (nSPS) is 26.0. The summed E-state index contributed by atoms with van der Waals surface area (Å²) in [6.07, 6.45) is 2.44. The Balaban J connectivity index is 1.78. The minimum Gasteiger partial charge on any atom is -0.298 e. The number of hydrogen-bond acceptors (Lipinski definition) is 2. The zero-order chi connectivity index (χ0) is 16.8. The minimum atomic E-state index is -0.614. The van der Waals surface area contributed by atoms with Gasteiger partial charge in [0.2, 0.25) is 0 Å². The first kappa shape index (κ1) is 15.3. The highest BCUT2D eigenvalue weighted by atomic mass is 19.1. The number of hydrogen-bond donors (Lipinski definition) is 0. The number of carbonyl (C=O) groups excluding carboxylic acids is 2. The van der Waals surface area contributed by atoms with Crippen LogP contribution in [-0.4, -0.2) is 11.6 Å². The van der Waals surface area contributed by atoms with Crippen LogP contribution in [-0.2, 0) is 9.59 Å². The predicted octanol–water partition coefficient (Wildman–Crippen LogP) is 4.45. The van der Waals surface area contributed by atoms with Crippen molar-refractivity contribution in [2.75, 3.05) is 0 Å². The van der Waals surface area contributed by atoms with Gasteiger partial charge in [-0.05, 0) is 66.6 Å². The SMILES string of the molecule is Cc1ccc(-c2ccc(F)cc2)cc1C1C(=O)[C@@H]2CC[C@@H](C2)C1=O. The fourth-order valence-electron chi connectivity index (χ4n) is 4.19. The fourth-order valence-corrected chi connectivity index (χ4v) is 4.19. The molecule has 3 atom stereocenters. The van der Waals surface area contributed by atoms with Gasteiger partial charge in [0, 0.05) is 11.8 Å². The number of benzene rings is 2. The number of aryl methyl sites for hydroxylation is 1. The van der Waals surface area contributed by atoms with Crippen LogP contribution in [0.2, 0.25) is 0 Å². The molecule has 3 heteroatoms. The summed E-state index contributed by atoms with van der Waals surface area (Å²) in [5.74, 6) is -0.615. The summed E-state index contributed by atoms with van der Waals surface area (Å²) in [6.45, 7) is 1.95. The maximum Gasteiger partial charge on any atom is 0.150 e. The van der Waals surface area contributed by atoms with Crippen molar-refractivity contribution in [2.45, 2.75) is 32.1 Å². The summed E-state index contributed by atoms with van der Waals surface area (Å²) in [6, 6.07) is 12.1. The quantitative estimate of drug-likeness (QED) is 0.765. The second kappa shape index (κ2) is 5.66. The van der Waals surface area contributed by atoms with Gasteiger partial charge in [0.1, 0.15) is 11.7 Å². The number of halogens is 1. The highest BCUT2D eigenvalue weighted by molar-refractivity contribution is 6.12. The van der Waals surface area contributed by atoms with E-state index in [1.807, 2.05) is 25.1 Å². The molecule has 2 saturated carbocycles. The summed E-state index contributed by atoms with van der Waals surface area (Å²) >= 11 is 0. The molecule has 0 aliphatic heterocycles. The van der Waals surface area contributed by atoms with Gasteiger partial charge in [-0.2, -0.15) is 0 Å². The topological polar surface area (TPSA) is 34.1 Å². The summed E-state index contributed by atoms with van der Waals surface area (Å²) in [7, 11) is 0. The van der Waals surface area contributed by atoms with Crippen molar-refractivity contribution in [2.24, 2.45) is 11.8 Å². The molecule has 0 aromatic heterocycles. The number of ketones is 2. The standard InChI is InChI=1S/C21H19FO2/c1-12-2-3-14(13-6-8-17(22)9-7-13)11-18(12)19-20(23)15-4-5-16(10-15)21(19)24/h2-3,6-9,11,15-16,19H,4-5,10H2,1H3/t15-,16+,19?. The maximum atomic E-state index is 13.1. The van der Waals surface area contributed by atoms with Gasteiger partial charge in [0.15, 0.2) is 11.6 Å². The van der Waals surface area contributed by atoms with E-state index in [-0.39, 0.29) is 29.2 Å². The second-order valence-electron chi connectivity index (χ2n) is 7.02. The van der Waals surface area contributed by atoms with Crippen LogP contribution in [0.15, 0.2) is 42.5 Å². The molecule has 2 bridgehead atoms. The molecule has 0 amide bonds. The Morgan fingerprint density at radius 1 is 0.875 bits per heavy atom. The lowest BCUT2D eigenvalue weighted by Crippen LogP contribution is -2.35. The van der Waals surface area contributed by atoms with Gasteiger partial charge >= 0.3 is 0 Å². The lowest BCUT2D eigenvalue weighted by atomic mass is 9.74. The van der Waals surface area contributed by atoms with E-state index in [1.54, 1.807) is 12.1 Å². The monoisotopic (exact) mass is 322 g/mol. The van der Waals surface area contributed by atoms with Crippen molar-refractivity contribution >= 4 is 11.6 Å². The van der Waals surface area contributed by atoms with Crippen LogP contribution >= 0.6 is 0 Å². The van der Waals surface area contributed by atoms with Gasteiger partial charge in [-0.3, -0.25) is 9.59 Å². The van der Waals surface area contributed by atoms with Crippen LogP contribution in [0.25, 0.3) is 11.1 Å². The van der Waals surface area contributed by atoms with Crippen LogP contribution in [0, 0.1) is 24.6 Å². The molecule has 0 spiro atoms. The van der Waals surface area contributed by atoms with E-state index in [9.17, 15) is 14.0 Å². The largest absolute Gasteiger partial charge is 0.298 e. The Bertz CT molecular complexity index is 800. The molecule has 0 heterocycles. The second-order valence-corrected chi connectivity index (χ2v) is 7.02. The molecule has 2 aliphatic rings. The minimum absolute atomic E-state index is 0.0478. The Hall–Kier alpha value is -2.29. The van der Waals surface area contributed by atoms with Crippen molar-refractivity contribution in [1.29, 1.82) is 0 Å². The summed E-state index contributed by atoms with van der Waals surface area (Å²) in [5, 5.41) is 0.